The van der Waals surface area contributed by atoms with Gasteiger partial charge in [0.15, 0.2) is 5.82 Å². The standard InChI is InChI=1S/C16H17ClFN5O4/c1-26-4-5-27-8-13-20-16-21-14(24)7-12(23(16)22-13)15(25)19-9-2-3-11(18)10(17)6-9/h2-3,6,12H,4-5,7-8H2,1H3,(H,19,25)(H,20,21,22,24)/t12-/m1/s1. The number of aromatic nitrogens is 3. The van der Waals surface area contributed by atoms with E-state index in [0.717, 1.165) is 6.07 Å². The number of anilines is 2. The molecule has 1 aromatic heterocycles. The fraction of sp³-hybridized carbons (Fsp3) is 0.375. The first-order valence-electron chi connectivity index (χ1n) is 8.06. The summed E-state index contributed by atoms with van der Waals surface area (Å²) >= 11 is 5.72. The van der Waals surface area contributed by atoms with Crippen molar-refractivity contribution in [3.63, 3.8) is 0 Å². The van der Waals surface area contributed by atoms with Gasteiger partial charge in [0.2, 0.25) is 17.8 Å². The van der Waals surface area contributed by atoms with Crippen LogP contribution in [0.1, 0.15) is 18.3 Å². The Bertz CT molecular complexity index is 859. The molecule has 0 radical (unpaired) electrons. The van der Waals surface area contributed by atoms with E-state index in [0.29, 0.717) is 24.7 Å². The Hall–Kier alpha value is -2.56. The molecule has 2 heterocycles. The predicted octanol–water partition coefficient (Wildman–Crippen LogP) is 1.76. The number of rotatable bonds is 7. The van der Waals surface area contributed by atoms with E-state index in [1.165, 1.54) is 16.8 Å². The molecule has 11 heteroatoms. The highest BCUT2D eigenvalue weighted by Crippen LogP contribution is 2.25. The number of benzene rings is 1. The van der Waals surface area contributed by atoms with Crippen molar-refractivity contribution in [2.75, 3.05) is 31.0 Å². The first-order chi connectivity index (χ1) is 13.0. The van der Waals surface area contributed by atoms with E-state index in [-0.39, 0.29) is 29.9 Å². The van der Waals surface area contributed by atoms with Gasteiger partial charge in [-0.05, 0) is 18.2 Å². The van der Waals surface area contributed by atoms with E-state index >= 15 is 0 Å². The van der Waals surface area contributed by atoms with Crippen molar-refractivity contribution in [3.8, 4) is 0 Å². The van der Waals surface area contributed by atoms with Crippen molar-refractivity contribution in [2.45, 2.75) is 19.1 Å². The van der Waals surface area contributed by atoms with Crippen LogP contribution in [0.15, 0.2) is 18.2 Å². The summed E-state index contributed by atoms with van der Waals surface area (Å²) in [5.74, 6) is -0.965. The maximum absolute atomic E-state index is 13.3. The van der Waals surface area contributed by atoms with Crippen LogP contribution in [0.4, 0.5) is 16.0 Å². The maximum atomic E-state index is 13.3. The van der Waals surface area contributed by atoms with Gasteiger partial charge >= 0.3 is 0 Å². The molecule has 0 bridgehead atoms. The largest absolute Gasteiger partial charge is 0.382 e. The van der Waals surface area contributed by atoms with Gasteiger partial charge in [-0.3, -0.25) is 14.9 Å². The van der Waals surface area contributed by atoms with Crippen molar-refractivity contribution >= 4 is 35.1 Å². The van der Waals surface area contributed by atoms with Crippen molar-refractivity contribution < 1.29 is 23.5 Å². The number of nitrogens with zero attached hydrogens (tertiary/aromatic N) is 3. The Balaban J connectivity index is 1.74. The summed E-state index contributed by atoms with van der Waals surface area (Å²) in [6, 6.07) is 2.90. The summed E-state index contributed by atoms with van der Waals surface area (Å²) < 4.78 is 24.8. The summed E-state index contributed by atoms with van der Waals surface area (Å²) in [6.45, 7) is 0.901. The topological polar surface area (TPSA) is 107 Å². The summed E-state index contributed by atoms with van der Waals surface area (Å²) in [6.07, 6.45) is -0.110. The molecule has 0 saturated heterocycles. The Morgan fingerprint density at radius 2 is 2.30 bits per heavy atom. The van der Waals surface area contributed by atoms with E-state index in [4.69, 9.17) is 21.1 Å². The number of hydrogen-bond acceptors (Lipinski definition) is 6. The van der Waals surface area contributed by atoms with E-state index in [1.54, 1.807) is 7.11 Å². The molecule has 2 amide bonds. The van der Waals surface area contributed by atoms with Crippen molar-refractivity contribution in [1.29, 1.82) is 0 Å². The molecule has 0 aliphatic carbocycles. The third-order valence-corrected chi connectivity index (χ3v) is 4.04. The molecule has 0 saturated carbocycles. The van der Waals surface area contributed by atoms with Gasteiger partial charge in [0.25, 0.3) is 0 Å². The molecule has 0 unspecified atom stereocenters. The van der Waals surface area contributed by atoms with E-state index in [2.05, 4.69) is 20.7 Å². The van der Waals surface area contributed by atoms with E-state index < -0.39 is 17.8 Å². The lowest BCUT2D eigenvalue weighted by Crippen LogP contribution is -2.36. The molecule has 2 aromatic rings. The van der Waals surface area contributed by atoms with Crippen LogP contribution in [0.25, 0.3) is 0 Å². The normalized spacial score (nSPS) is 16.0. The summed E-state index contributed by atoms with van der Waals surface area (Å²) in [7, 11) is 1.56. The zero-order chi connectivity index (χ0) is 19.4. The fourth-order valence-electron chi connectivity index (χ4n) is 2.48. The van der Waals surface area contributed by atoms with Crippen LogP contribution in [0.5, 0.6) is 0 Å². The third-order valence-electron chi connectivity index (χ3n) is 3.75. The molecular weight excluding hydrogens is 381 g/mol. The van der Waals surface area contributed by atoms with Gasteiger partial charge in [-0.1, -0.05) is 11.6 Å². The van der Waals surface area contributed by atoms with Crippen molar-refractivity contribution in [1.82, 2.24) is 14.8 Å². The van der Waals surface area contributed by atoms with Crippen LogP contribution >= 0.6 is 11.6 Å². The lowest BCUT2D eigenvalue weighted by Gasteiger charge is -2.22. The second kappa shape index (κ2) is 8.42. The molecule has 1 aliphatic heterocycles. The van der Waals surface area contributed by atoms with Crippen LogP contribution in [-0.4, -0.2) is 46.9 Å². The number of ether oxygens (including phenoxy) is 2. The van der Waals surface area contributed by atoms with Gasteiger partial charge in [-0.25, -0.2) is 9.07 Å². The van der Waals surface area contributed by atoms with Gasteiger partial charge < -0.3 is 14.8 Å². The van der Waals surface area contributed by atoms with E-state index in [9.17, 15) is 14.0 Å². The average Bonchev–Trinajstić information content (AvgIpc) is 3.03. The molecule has 1 aliphatic rings. The number of amides is 2. The van der Waals surface area contributed by atoms with Crippen LogP contribution in [0.2, 0.25) is 5.02 Å². The summed E-state index contributed by atoms with van der Waals surface area (Å²) in [4.78, 5) is 28.7. The lowest BCUT2D eigenvalue weighted by molar-refractivity contribution is -0.125. The summed E-state index contributed by atoms with van der Waals surface area (Å²) in [5.41, 5.74) is 0.308. The highest BCUT2D eigenvalue weighted by Gasteiger charge is 2.33. The molecular formula is C16H17ClFN5O4. The number of nitrogens with one attached hydrogen (secondary N) is 2. The Labute approximate surface area is 158 Å². The highest BCUT2D eigenvalue weighted by atomic mass is 35.5. The second-order valence-electron chi connectivity index (χ2n) is 5.73. The van der Waals surface area contributed by atoms with Crippen LogP contribution in [0.3, 0.4) is 0 Å². The average molecular weight is 398 g/mol. The summed E-state index contributed by atoms with van der Waals surface area (Å²) in [5, 5.41) is 9.29. The SMILES string of the molecule is COCCOCc1nc2n(n1)[C@@H](C(=O)Nc1ccc(F)c(Cl)c1)CC(=O)N2. The molecule has 27 heavy (non-hydrogen) atoms. The molecule has 1 aromatic carbocycles. The van der Waals surface area contributed by atoms with Gasteiger partial charge in [0, 0.05) is 12.8 Å². The zero-order valence-electron chi connectivity index (χ0n) is 14.4. The smallest absolute Gasteiger partial charge is 0.249 e. The Kier molecular flexibility index (Phi) is 5.99. The quantitative estimate of drug-likeness (QED) is 0.689. The maximum Gasteiger partial charge on any atom is 0.249 e. The van der Waals surface area contributed by atoms with Crippen LogP contribution < -0.4 is 10.6 Å². The molecule has 3 rings (SSSR count). The van der Waals surface area contributed by atoms with Gasteiger partial charge in [0.05, 0.1) is 24.7 Å². The van der Waals surface area contributed by atoms with Crippen molar-refractivity contribution in [2.24, 2.45) is 0 Å². The number of carbonyl (C=O) groups is 2. The molecule has 2 N–H and O–H groups in total. The first-order valence-corrected chi connectivity index (χ1v) is 8.43. The minimum absolute atomic E-state index is 0.110. The Morgan fingerprint density at radius 1 is 1.48 bits per heavy atom. The highest BCUT2D eigenvalue weighted by molar-refractivity contribution is 6.31. The monoisotopic (exact) mass is 397 g/mol. The van der Waals surface area contributed by atoms with Gasteiger partial charge in [-0.15, -0.1) is 0 Å². The van der Waals surface area contributed by atoms with E-state index in [1.807, 2.05) is 0 Å². The second-order valence-corrected chi connectivity index (χ2v) is 6.14. The number of fused-ring (bicyclic) bond motifs is 1. The fourth-order valence-corrected chi connectivity index (χ4v) is 2.66. The number of halogens is 2. The number of carbonyl (C=O) groups excluding carboxylic acids is 2. The lowest BCUT2D eigenvalue weighted by atomic mass is 10.1. The Morgan fingerprint density at radius 3 is 3.04 bits per heavy atom. The molecule has 0 fully saturated rings. The van der Waals surface area contributed by atoms with Crippen LogP contribution in [0, 0.1) is 5.82 Å². The molecule has 9 nitrogen and oxygen atoms in total. The third kappa shape index (κ3) is 4.59. The number of hydrogen-bond donors (Lipinski definition) is 2. The first kappa shape index (κ1) is 19.2. The minimum Gasteiger partial charge on any atom is -0.382 e. The zero-order valence-corrected chi connectivity index (χ0v) is 15.1. The van der Waals surface area contributed by atoms with Crippen molar-refractivity contribution in [3.05, 3.63) is 34.9 Å². The van der Waals surface area contributed by atoms with Gasteiger partial charge in [0.1, 0.15) is 18.5 Å². The molecule has 1 atom stereocenters. The molecule has 144 valence electrons. The number of methoxy groups -OCH3 is 1. The molecule has 0 spiro atoms. The predicted molar refractivity (Wildman–Crippen MR) is 93.9 cm³/mol. The minimum atomic E-state index is -0.905. The van der Waals surface area contributed by atoms with Crippen LogP contribution in [-0.2, 0) is 25.7 Å². The van der Waals surface area contributed by atoms with Gasteiger partial charge in [-0.2, -0.15) is 10.1 Å².